The van der Waals surface area contributed by atoms with Crippen molar-refractivity contribution in [2.24, 2.45) is 5.41 Å². The van der Waals surface area contributed by atoms with Gasteiger partial charge in [0.15, 0.2) is 0 Å². The van der Waals surface area contributed by atoms with Gasteiger partial charge in [0.05, 0.1) is 5.41 Å². The van der Waals surface area contributed by atoms with Crippen molar-refractivity contribution in [3.8, 4) is 0 Å². The van der Waals surface area contributed by atoms with Crippen LogP contribution in [0.5, 0.6) is 0 Å². The van der Waals surface area contributed by atoms with Gasteiger partial charge >= 0.3 is 0 Å². The summed E-state index contributed by atoms with van der Waals surface area (Å²) in [5, 5.41) is 3.48. The first-order valence-electron chi connectivity index (χ1n) is 8.26. The van der Waals surface area contributed by atoms with Crippen LogP contribution in [0.1, 0.15) is 64.7 Å². The monoisotopic (exact) mass is 278 g/mol. The molecule has 2 amide bonds. The first-order chi connectivity index (χ1) is 9.66. The average Bonchev–Trinajstić information content (AvgIpc) is 2.99. The molecule has 3 rings (SSSR count). The summed E-state index contributed by atoms with van der Waals surface area (Å²) in [5.41, 5.74) is -0.296. The molecule has 4 heteroatoms. The minimum atomic E-state index is -0.296. The van der Waals surface area contributed by atoms with Crippen LogP contribution in [-0.4, -0.2) is 35.3 Å². The lowest BCUT2D eigenvalue weighted by Gasteiger charge is -2.34. The summed E-state index contributed by atoms with van der Waals surface area (Å²) in [5.74, 6) is 0.260. The van der Waals surface area contributed by atoms with Gasteiger partial charge in [-0.1, -0.05) is 19.8 Å². The largest absolute Gasteiger partial charge is 0.314 e. The van der Waals surface area contributed by atoms with E-state index in [1.807, 2.05) is 0 Å². The highest BCUT2D eigenvalue weighted by atomic mass is 16.2. The van der Waals surface area contributed by atoms with Gasteiger partial charge in [-0.15, -0.1) is 0 Å². The van der Waals surface area contributed by atoms with Gasteiger partial charge in [0.1, 0.15) is 0 Å². The van der Waals surface area contributed by atoms with Gasteiger partial charge in [-0.2, -0.15) is 0 Å². The molecule has 1 spiro atoms. The number of nitrogens with one attached hydrogen (secondary N) is 1. The van der Waals surface area contributed by atoms with Gasteiger partial charge in [-0.25, -0.2) is 0 Å². The van der Waals surface area contributed by atoms with Gasteiger partial charge in [0.2, 0.25) is 11.8 Å². The van der Waals surface area contributed by atoms with Crippen molar-refractivity contribution >= 4 is 11.8 Å². The lowest BCUT2D eigenvalue weighted by atomic mass is 9.84. The summed E-state index contributed by atoms with van der Waals surface area (Å²) in [7, 11) is 0. The zero-order chi connectivity index (χ0) is 14.2. The van der Waals surface area contributed by atoms with Gasteiger partial charge in [0.25, 0.3) is 0 Å². The molecular formula is C16H26N2O2. The highest BCUT2D eigenvalue weighted by molar-refractivity contribution is 6.06. The van der Waals surface area contributed by atoms with Crippen molar-refractivity contribution in [1.82, 2.24) is 10.2 Å². The van der Waals surface area contributed by atoms with Crippen LogP contribution < -0.4 is 5.32 Å². The maximum Gasteiger partial charge on any atom is 0.236 e. The Morgan fingerprint density at radius 3 is 2.40 bits per heavy atom. The van der Waals surface area contributed by atoms with Crippen molar-refractivity contribution in [1.29, 1.82) is 0 Å². The van der Waals surface area contributed by atoms with Crippen molar-refractivity contribution in [3.63, 3.8) is 0 Å². The van der Waals surface area contributed by atoms with Crippen molar-refractivity contribution in [2.75, 3.05) is 6.54 Å². The van der Waals surface area contributed by atoms with Crippen LogP contribution >= 0.6 is 0 Å². The molecule has 3 fully saturated rings. The van der Waals surface area contributed by atoms with Crippen LogP contribution in [0.2, 0.25) is 0 Å². The first kappa shape index (κ1) is 14.1. The Labute approximate surface area is 121 Å². The number of imide groups is 1. The van der Waals surface area contributed by atoms with Crippen molar-refractivity contribution in [3.05, 3.63) is 0 Å². The molecule has 0 aromatic heterocycles. The number of carbonyl (C=O) groups excluding carboxylic acids is 2. The lowest BCUT2D eigenvalue weighted by molar-refractivity contribution is -0.144. The fourth-order valence-corrected chi connectivity index (χ4v) is 4.46. The average molecular weight is 278 g/mol. The van der Waals surface area contributed by atoms with Crippen molar-refractivity contribution < 1.29 is 9.59 Å². The number of hydrogen-bond acceptors (Lipinski definition) is 3. The number of rotatable bonds is 3. The predicted octanol–water partition coefficient (Wildman–Crippen LogP) is 2.23. The molecule has 0 radical (unpaired) electrons. The molecular weight excluding hydrogens is 252 g/mol. The van der Waals surface area contributed by atoms with E-state index in [0.29, 0.717) is 12.5 Å². The predicted molar refractivity (Wildman–Crippen MR) is 77.1 cm³/mol. The summed E-state index contributed by atoms with van der Waals surface area (Å²) in [4.78, 5) is 26.7. The number of carbonyl (C=O) groups is 2. The third-order valence-electron chi connectivity index (χ3n) is 5.55. The molecule has 1 N–H and O–H groups in total. The first-order valence-corrected chi connectivity index (χ1v) is 8.26. The SMILES string of the molecule is CCNC1CCC(N2C(=O)CC3(CCCC3)C2=O)CC1. The molecule has 0 aromatic rings. The Morgan fingerprint density at radius 2 is 1.80 bits per heavy atom. The third kappa shape index (κ3) is 2.28. The van der Waals surface area contributed by atoms with Crippen LogP contribution in [0.4, 0.5) is 0 Å². The molecule has 1 heterocycles. The third-order valence-corrected chi connectivity index (χ3v) is 5.55. The second-order valence-corrected chi connectivity index (χ2v) is 6.80. The number of amides is 2. The molecule has 20 heavy (non-hydrogen) atoms. The number of hydrogen-bond donors (Lipinski definition) is 1. The van der Waals surface area contributed by atoms with E-state index in [1.54, 1.807) is 4.90 Å². The summed E-state index contributed by atoms with van der Waals surface area (Å²) in [6.45, 7) is 3.13. The molecule has 1 saturated heterocycles. The van der Waals surface area contributed by atoms with Crippen LogP contribution in [0.15, 0.2) is 0 Å². The highest BCUT2D eigenvalue weighted by Gasteiger charge is 2.54. The Hall–Kier alpha value is -0.900. The summed E-state index contributed by atoms with van der Waals surface area (Å²) in [6, 6.07) is 0.745. The van der Waals surface area contributed by atoms with E-state index >= 15 is 0 Å². The Bertz CT molecular complexity index is 393. The Balaban J connectivity index is 1.66. The van der Waals surface area contributed by atoms with E-state index in [4.69, 9.17) is 0 Å². The summed E-state index contributed by atoms with van der Waals surface area (Å²) in [6.07, 6.45) is 8.70. The van der Waals surface area contributed by atoms with Gasteiger partial charge < -0.3 is 5.32 Å². The molecule has 0 atom stereocenters. The zero-order valence-electron chi connectivity index (χ0n) is 12.5. The van der Waals surface area contributed by atoms with E-state index in [2.05, 4.69) is 12.2 Å². The molecule has 0 aromatic carbocycles. The number of likely N-dealkylation sites (tertiary alicyclic amines) is 1. The maximum atomic E-state index is 12.7. The fraction of sp³-hybridized carbons (Fsp3) is 0.875. The van der Waals surface area contributed by atoms with Crippen LogP contribution in [0, 0.1) is 5.41 Å². The van der Waals surface area contributed by atoms with Crippen LogP contribution in [0.3, 0.4) is 0 Å². The Kier molecular flexibility index (Phi) is 3.85. The normalized spacial score (nSPS) is 33.4. The topological polar surface area (TPSA) is 49.4 Å². The minimum absolute atomic E-state index is 0.101. The second kappa shape index (κ2) is 5.47. The van der Waals surface area contributed by atoms with Crippen molar-refractivity contribution in [2.45, 2.75) is 76.8 Å². The van der Waals surface area contributed by atoms with E-state index in [1.165, 1.54) is 0 Å². The Morgan fingerprint density at radius 1 is 1.15 bits per heavy atom. The quantitative estimate of drug-likeness (QED) is 0.805. The molecule has 2 saturated carbocycles. The van der Waals surface area contributed by atoms with Crippen LogP contribution in [-0.2, 0) is 9.59 Å². The smallest absolute Gasteiger partial charge is 0.236 e. The summed E-state index contributed by atoms with van der Waals surface area (Å²) < 4.78 is 0. The van der Waals surface area contributed by atoms with Gasteiger partial charge in [-0.3, -0.25) is 14.5 Å². The highest BCUT2D eigenvalue weighted by Crippen LogP contribution is 2.48. The molecule has 4 nitrogen and oxygen atoms in total. The van der Waals surface area contributed by atoms with E-state index in [0.717, 1.165) is 57.9 Å². The number of nitrogens with zero attached hydrogens (tertiary/aromatic N) is 1. The standard InChI is InChI=1S/C16H26N2O2/c1-2-17-12-5-7-13(8-6-12)18-14(19)11-16(15(18)20)9-3-4-10-16/h12-13,17H,2-11H2,1H3. The maximum absolute atomic E-state index is 12.7. The van der Waals surface area contributed by atoms with E-state index < -0.39 is 0 Å². The second-order valence-electron chi connectivity index (χ2n) is 6.80. The van der Waals surface area contributed by atoms with E-state index in [9.17, 15) is 9.59 Å². The molecule has 2 aliphatic carbocycles. The van der Waals surface area contributed by atoms with Gasteiger partial charge in [-0.05, 0) is 45.1 Å². The molecule has 1 aliphatic heterocycles. The molecule has 112 valence electrons. The van der Waals surface area contributed by atoms with Crippen LogP contribution in [0.25, 0.3) is 0 Å². The fourth-order valence-electron chi connectivity index (χ4n) is 4.46. The molecule has 3 aliphatic rings. The summed E-state index contributed by atoms with van der Waals surface area (Å²) >= 11 is 0. The molecule has 0 unspecified atom stereocenters. The molecule has 0 bridgehead atoms. The van der Waals surface area contributed by atoms with E-state index in [-0.39, 0.29) is 23.3 Å². The minimum Gasteiger partial charge on any atom is -0.314 e. The van der Waals surface area contributed by atoms with Gasteiger partial charge in [0, 0.05) is 18.5 Å². The zero-order valence-corrected chi connectivity index (χ0v) is 12.5. The lowest BCUT2D eigenvalue weighted by Crippen LogP contribution is -2.46.